The smallest absolute Gasteiger partial charge is 0.352 e. The summed E-state index contributed by atoms with van der Waals surface area (Å²) in [7, 11) is 1.31. The molecule has 2 amide bonds. The van der Waals surface area contributed by atoms with Gasteiger partial charge in [0.2, 0.25) is 0 Å². The maximum absolute atomic E-state index is 12.9. The van der Waals surface area contributed by atoms with Crippen LogP contribution in [0.4, 0.5) is 0 Å². The normalized spacial score (nSPS) is 19.4. The molecule has 0 radical (unpaired) electrons. The molecule has 180 valence electrons. The van der Waals surface area contributed by atoms with E-state index < -0.39 is 35.2 Å². The van der Waals surface area contributed by atoms with Crippen LogP contribution < -0.4 is 5.32 Å². The molecular formula is C24H21N3O7S. The van der Waals surface area contributed by atoms with Crippen molar-refractivity contribution in [2.24, 2.45) is 5.16 Å². The summed E-state index contributed by atoms with van der Waals surface area (Å²) in [5, 5.41) is 15.6. The molecule has 0 spiro atoms. The van der Waals surface area contributed by atoms with Gasteiger partial charge in [-0.05, 0) is 12.1 Å². The monoisotopic (exact) mass is 495 g/mol. The summed E-state index contributed by atoms with van der Waals surface area (Å²) >= 11 is 1.27. The van der Waals surface area contributed by atoms with Crippen LogP contribution in [0.2, 0.25) is 0 Å². The summed E-state index contributed by atoms with van der Waals surface area (Å²) in [6.07, 6.45) is 0. The number of fused-ring (bicyclic) bond motifs is 1. The number of benzene rings is 2. The Morgan fingerprint density at radius 3 is 2.31 bits per heavy atom. The number of carboxylic acids is 1. The van der Waals surface area contributed by atoms with Gasteiger partial charge in [0.25, 0.3) is 11.8 Å². The van der Waals surface area contributed by atoms with Crippen LogP contribution in [-0.4, -0.2) is 70.4 Å². The van der Waals surface area contributed by atoms with E-state index in [-0.39, 0.29) is 23.8 Å². The molecule has 10 nitrogen and oxygen atoms in total. The van der Waals surface area contributed by atoms with Gasteiger partial charge in [0.15, 0.2) is 5.71 Å². The molecule has 0 aliphatic carbocycles. The molecule has 2 aliphatic rings. The molecule has 0 bridgehead atoms. The summed E-state index contributed by atoms with van der Waals surface area (Å²) in [5.41, 5.74) is 0.884. The third-order valence-electron chi connectivity index (χ3n) is 5.37. The molecule has 35 heavy (non-hydrogen) atoms. The molecular weight excluding hydrogens is 474 g/mol. The molecule has 0 unspecified atom stereocenters. The lowest BCUT2D eigenvalue weighted by atomic mass is 10.0. The van der Waals surface area contributed by atoms with E-state index in [1.54, 1.807) is 60.7 Å². The highest BCUT2D eigenvalue weighted by Crippen LogP contribution is 2.40. The highest BCUT2D eigenvalue weighted by molar-refractivity contribution is 8.00. The number of amides is 2. The van der Waals surface area contributed by atoms with Gasteiger partial charge >= 0.3 is 11.9 Å². The Morgan fingerprint density at radius 2 is 1.71 bits per heavy atom. The second-order valence-corrected chi connectivity index (χ2v) is 8.65. The van der Waals surface area contributed by atoms with Gasteiger partial charge in [-0.2, -0.15) is 0 Å². The van der Waals surface area contributed by atoms with Crippen LogP contribution in [0.25, 0.3) is 0 Å². The molecule has 2 heterocycles. The number of carbonyl (C=O) groups excluding carboxylic acids is 3. The first-order valence-electron chi connectivity index (χ1n) is 10.5. The topological polar surface area (TPSA) is 135 Å². The van der Waals surface area contributed by atoms with Crippen molar-refractivity contribution in [2.75, 3.05) is 19.5 Å². The number of rotatable bonds is 8. The summed E-state index contributed by atoms with van der Waals surface area (Å²) < 4.78 is 5.28. The van der Waals surface area contributed by atoms with E-state index in [0.29, 0.717) is 16.7 Å². The number of carboxylic acid groups (broad SMARTS) is 1. The van der Waals surface area contributed by atoms with E-state index in [4.69, 9.17) is 9.57 Å². The Kier molecular flexibility index (Phi) is 7.16. The predicted octanol–water partition coefficient (Wildman–Crippen LogP) is 1.63. The number of hydrogen-bond acceptors (Lipinski definition) is 8. The first-order valence-corrected chi connectivity index (χ1v) is 11.6. The quantitative estimate of drug-likeness (QED) is 0.244. The minimum atomic E-state index is -1.31. The lowest BCUT2D eigenvalue weighted by Crippen LogP contribution is -2.71. The number of ether oxygens (including phenoxy) is 1. The van der Waals surface area contributed by atoms with Crippen molar-refractivity contribution in [2.45, 2.75) is 11.4 Å². The molecule has 1 fully saturated rings. The van der Waals surface area contributed by atoms with Crippen molar-refractivity contribution in [1.82, 2.24) is 10.2 Å². The minimum Gasteiger partial charge on any atom is -0.477 e. The fraction of sp³-hybridized carbons (Fsp3) is 0.208. The van der Waals surface area contributed by atoms with Crippen molar-refractivity contribution in [3.05, 3.63) is 83.1 Å². The second kappa shape index (κ2) is 10.4. The Balaban J connectivity index is 1.47. The number of esters is 1. The number of β-lactam (4-membered cyclic amide) rings is 1. The molecule has 0 aromatic heterocycles. The Labute approximate surface area is 204 Å². The third kappa shape index (κ3) is 4.90. The summed E-state index contributed by atoms with van der Waals surface area (Å²) in [4.78, 5) is 55.9. The van der Waals surface area contributed by atoms with E-state index >= 15 is 0 Å². The molecule has 2 aliphatic heterocycles. The van der Waals surface area contributed by atoms with Crippen LogP contribution >= 0.6 is 11.8 Å². The van der Waals surface area contributed by atoms with Gasteiger partial charge < -0.3 is 20.0 Å². The molecule has 1 saturated heterocycles. The van der Waals surface area contributed by atoms with Gasteiger partial charge in [0, 0.05) is 16.9 Å². The number of carbonyl (C=O) groups is 4. The summed E-state index contributed by atoms with van der Waals surface area (Å²) in [5.74, 6) is -2.90. The molecule has 2 aromatic rings. The van der Waals surface area contributed by atoms with Gasteiger partial charge in [0.05, 0.1) is 5.56 Å². The van der Waals surface area contributed by atoms with Crippen LogP contribution in [0.3, 0.4) is 0 Å². The van der Waals surface area contributed by atoms with Crippen LogP contribution in [0, 0.1) is 0 Å². The first kappa shape index (κ1) is 24.0. The van der Waals surface area contributed by atoms with E-state index in [2.05, 4.69) is 10.5 Å². The predicted molar refractivity (Wildman–Crippen MR) is 126 cm³/mol. The van der Waals surface area contributed by atoms with Gasteiger partial charge in [-0.25, -0.2) is 9.59 Å². The van der Waals surface area contributed by atoms with E-state index in [0.717, 1.165) is 4.90 Å². The molecule has 2 aromatic carbocycles. The van der Waals surface area contributed by atoms with Gasteiger partial charge in [-0.3, -0.25) is 14.5 Å². The fourth-order valence-corrected chi connectivity index (χ4v) is 5.05. The van der Waals surface area contributed by atoms with Gasteiger partial charge in [0.1, 0.15) is 30.8 Å². The Bertz CT molecular complexity index is 1210. The lowest BCUT2D eigenvalue weighted by molar-refractivity contribution is -0.150. The fourth-order valence-electron chi connectivity index (χ4n) is 3.73. The molecule has 2 atom stereocenters. The summed E-state index contributed by atoms with van der Waals surface area (Å²) in [6, 6.07) is 16.0. The zero-order valence-corrected chi connectivity index (χ0v) is 19.4. The zero-order chi connectivity index (χ0) is 24.9. The molecule has 11 heteroatoms. The number of oxime groups is 1. The van der Waals surface area contributed by atoms with Crippen LogP contribution in [0.15, 0.2) is 77.1 Å². The molecule has 4 rings (SSSR count). The highest BCUT2D eigenvalue weighted by Gasteiger charge is 2.54. The van der Waals surface area contributed by atoms with Crippen molar-refractivity contribution >= 4 is 41.2 Å². The standard InChI is InChI=1S/C24H21N3O7S/c1-33-26-17(14-8-4-2-5-9-14)20(28)25-18-21(29)27-19(23(30)31)16(13-35-22(18)27)12-34-24(32)15-10-6-3-7-11-15/h2-11,18,22H,12-13H2,1H3,(H,25,28)(H,30,31)/t18-,22-/m1/s1. The van der Waals surface area contributed by atoms with E-state index in [9.17, 15) is 24.3 Å². The van der Waals surface area contributed by atoms with Gasteiger partial charge in [-0.1, -0.05) is 53.7 Å². The average Bonchev–Trinajstić information content (AvgIpc) is 2.89. The number of aliphatic carboxylic acids is 1. The average molecular weight is 496 g/mol. The third-order valence-corrected chi connectivity index (χ3v) is 6.71. The highest BCUT2D eigenvalue weighted by atomic mass is 32.2. The number of thioether (sulfide) groups is 1. The van der Waals surface area contributed by atoms with Gasteiger partial charge in [-0.15, -0.1) is 11.8 Å². The molecule has 0 saturated carbocycles. The largest absolute Gasteiger partial charge is 0.477 e. The summed E-state index contributed by atoms with van der Waals surface area (Å²) in [6.45, 7) is -0.269. The molecule has 2 N–H and O–H groups in total. The number of hydrogen-bond donors (Lipinski definition) is 2. The maximum atomic E-state index is 12.9. The zero-order valence-electron chi connectivity index (χ0n) is 18.5. The minimum absolute atomic E-state index is 0.0114. The van der Waals surface area contributed by atoms with Crippen LogP contribution in [-0.2, 0) is 24.0 Å². The second-order valence-electron chi connectivity index (χ2n) is 7.55. The Hall–Kier alpha value is -4.12. The Morgan fingerprint density at radius 1 is 1.09 bits per heavy atom. The van der Waals surface area contributed by atoms with Crippen molar-refractivity contribution in [3.8, 4) is 0 Å². The lowest BCUT2D eigenvalue weighted by Gasteiger charge is -2.49. The van der Waals surface area contributed by atoms with Crippen LogP contribution in [0.5, 0.6) is 0 Å². The van der Waals surface area contributed by atoms with Crippen molar-refractivity contribution < 1.29 is 33.9 Å². The van der Waals surface area contributed by atoms with Crippen molar-refractivity contribution in [3.63, 3.8) is 0 Å². The number of nitrogens with zero attached hydrogens (tertiary/aromatic N) is 2. The number of nitrogens with one attached hydrogen (secondary N) is 1. The maximum Gasteiger partial charge on any atom is 0.352 e. The van der Waals surface area contributed by atoms with E-state index in [1.165, 1.54) is 18.9 Å². The SMILES string of the molecule is CON=C(C(=O)N[C@@H]1C(=O)N2C(C(=O)O)=C(COC(=O)c3ccccc3)CS[C@H]12)c1ccccc1. The van der Waals surface area contributed by atoms with Crippen LogP contribution in [0.1, 0.15) is 15.9 Å². The van der Waals surface area contributed by atoms with E-state index in [1.807, 2.05) is 0 Å². The first-order chi connectivity index (χ1) is 16.9. The van der Waals surface area contributed by atoms with Crippen molar-refractivity contribution in [1.29, 1.82) is 0 Å².